The van der Waals surface area contributed by atoms with Gasteiger partial charge >= 0.3 is 6.09 Å². The first-order valence-corrected chi connectivity index (χ1v) is 5.60. The molecule has 0 saturated heterocycles. The molecule has 0 aromatic rings. The molecule has 1 unspecified atom stereocenters. The first-order chi connectivity index (χ1) is 7.35. The highest BCUT2D eigenvalue weighted by atomic mass is 16.6. The number of hydrogen-bond acceptors (Lipinski definition) is 4. The van der Waals surface area contributed by atoms with Crippen LogP contribution in [0.5, 0.6) is 0 Å². The normalized spacial score (nSPS) is 13.3. The molecule has 0 aliphatic heterocycles. The lowest BCUT2D eigenvalue weighted by atomic mass is 10.2. The number of hydrogen-bond donors (Lipinski definition) is 2. The lowest BCUT2D eigenvalue weighted by molar-refractivity contribution is 0.0489. The smallest absolute Gasteiger partial charge is 0.407 e. The van der Waals surface area contributed by atoms with Gasteiger partial charge in [0, 0.05) is 6.54 Å². The predicted molar refractivity (Wildman–Crippen MR) is 63.3 cm³/mol. The van der Waals surface area contributed by atoms with E-state index in [-0.39, 0.29) is 0 Å². The van der Waals surface area contributed by atoms with Gasteiger partial charge in [0.25, 0.3) is 0 Å². The van der Waals surface area contributed by atoms with Crippen LogP contribution in [0, 0.1) is 5.92 Å². The average Bonchev–Trinajstić information content (AvgIpc) is 2.14. The number of nitrogens with one attached hydrogen (secondary N) is 1. The molecule has 0 rings (SSSR count). The van der Waals surface area contributed by atoms with Crippen molar-refractivity contribution in [3.8, 4) is 0 Å². The zero-order valence-corrected chi connectivity index (χ0v) is 10.7. The van der Waals surface area contributed by atoms with E-state index in [0.29, 0.717) is 32.2 Å². The highest BCUT2D eigenvalue weighted by molar-refractivity contribution is 5.67. The van der Waals surface area contributed by atoms with Crippen molar-refractivity contribution >= 4 is 6.09 Å². The Labute approximate surface area is 97.7 Å². The van der Waals surface area contributed by atoms with Gasteiger partial charge in [-0.25, -0.2) is 4.79 Å². The molecule has 5 nitrogen and oxygen atoms in total. The first-order valence-electron chi connectivity index (χ1n) is 5.60. The van der Waals surface area contributed by atoms with Crippen molar-refractivity contribution in [1.29, 1.82) is 0 Å². The Kier molecular flexibility index (Phi) is 7.08. The Morgan fingerprint density at radius 3 is 2.56 bits per heavy atom. The van der Waals surface area contributed by atoms with Gasteiger partial charge in [0.2, 0.25) is 0 Å². The molecule has 0 radical (unpaired) electrons. The minimum Gasteiger partial charge on any atom is -0.444 e. The number of carbonyl (C=O) groups excluding carboxylic acids is 1. The van der Waals surface area contributed by atoms with Gasteiger partial charge in [0.05, 0.1) is 13.2 Å². The third-order valence-corrected chi connectivity index (χ3v) is 1.72. The maximum atomic E-state index is 11.2. The van der Waals surface area contributed by atoms with E-state index in [1.54, 1.807) is 0 Å². The van der Waals surface area contributed by atoms with Crippen LogP contribution in [0.1, 0.15) is 27.7 Å². The molecule has 0 aliphatic rings. The van der Waals surface area contributed by atoms with E-state index >= 15 is 0 Å². The molecular formula is C11H24N2O3. The third kappa shape index (κ3) is 9.73. The van der Waals surface area contributed by atoms with E-state index in [0.717, 1.165) is 0 Å². The highest BCUT2D eigenvalue weighted by Crippen LogP contribution is 2.06. The van der Waals surface area contributed by atoms with Crippen molar-refractivity contribution in [3.05, 3.63) is 0 Å². The predicted octanol–water partition coefficient (Wildman–Crippen LogP) is 1.12. The Morgan fingerprint density at radius 1 is 1.44 bits per heavy atom. The topological polar surface area (TPSA) is 73.6 Å². The standard InChI is InChI=1S/C11H24N2O3/c1-9(7-12)8-15-6-5-13-10(14)16-11(2,3)4/h9H,5-8,12H2,1-4H3,(H,13,14). The second-order valence-electron chi connectivity index (χ2n) is 4.84. The lowest BCUT2D eigenvalue weighted by Crippen LogP contribution is -2.34. The summed E-state index contributed by atoms with van der Waals surface area (Å²) in [5.41, 5.74) is 4.98. The van der Waals surface area contributed by atoms with Crippen LogP contribution in [0.4, 0.5) is 4.79 Å². The maximum absolute atomic E-state index is 11.2. The van der Waals surface area contributed by atoms with Crippen LogP contribution in [-0.4, -0.2) is 38.0 Å². The van der Waals surface area contributed by atoms with Crippen molar-refractivity contribution in [2.45, 2.75) is 33.3 Å². The third-order valence-electron chi connectivity index (χ3n) is 1.72. The summed E-state index contributed by atoms with van der Waals surface area (Å²) in [6.45, 7) is 9.65. The molecule has 96 valence electrons. The van der Waals surface area contributed by atoms with Gasteiger partial charge in [-0.2, -0.15) is 0 Å². The van der Waals surface area contributed by atoms with E-state index in [2.05, 4.69) is 5.32 Å². The molecule has 3 N–H and O–H groups in total. The zero-order chi connectivity index (χ0) is 12.6. The largest absolute Gasteiger partial charge is 0.444 e. The minimum absolute atomic E-state index is 0.349. The van der Waals surface area contributed by atoms with Gasteiger partial charge in [-0.15, -0.1) is 0 Å². The minimum atomic E-state index is -0.459. The summed E-state index contributed by atoms with van der Waals surface area (Å²) in [4.78, 5) is 11.2. The summed E-state index contributed by atoms with van der Waals surface area (Å²) in [5.74, 6) is 0.349. The first kappa shape index (κ1) is 15.2. The molecule has 0 aromatic heterocycles. The van der Waals surface area contributed by atoms with Crippen molar-refractivity contribution in [2.24, 2.45) is 11.7 Å². The van der Waals surface area contributed by atoms with E-state index in [9.17, 15) is 4.79 Å². The summed E-state index contributed by atoms with van der Waals surface area (Å²) < 4.78 is 10.4. The van der Waals surface area contributed by atoms with E-state index in [4.69, 9.17) is 15.2 Å². The van der Waals surface area contributed by atoms with Crippen LogP contribution in [0.15, 0.2) is 0 Å². The van der Waals surface area contributed by atoms with Crippen molar-refractivity contribution < 1.29 is 14.3 Å². The second-order valence-corrected chi connectivity index (χ2v) is 4.84. The second kappa shape index (κ2) is 7.46. The molecule has 0 spiro atoms. The zero-order valence-electron chi connectivity index (χ0n) is 10.7. The van der Waals surface area contributed by atoms with Gasteiger partial charge in [0.15, 0.2) is 0 Å². The Balaban J connectivity index is 3.42. The molecule has 0 heterocycles. The summed E-state index contributed by atoms with van der Waals surface area (Å²) in [7, 11) is 0. The molecular weight excluding hydrogens is 208 g/mol. The molecule has 0 aromatic carbocycles. The molecule has 1 atom stereocenters. The molecule has 1 amide bonds. The molecule has 0 fully saturated rings. The molecule has 5 heteroatoms. The van der Waals surface area contributed by atoms with Crippen LogP contribution >= 0.6 is 0 Å². The van der Waals surface area contributed by atoms with Gasteiger partial charge in [0.1, 0.15) is 5.60 Å². The highest BCUT2D eigenvalue weighted by Gasteiger charge is 2.15. The van der Waals surface area contributed by atoms with Crippen molar-refractivity contribution in [3.63, 3.8) is 0 Å². The summed E-state index contributed by atoms with van der Waals surface area (Å²) in [6.07, 6.45) is -0.414. The van der Waals surface area contributed by atoms with Gasteiger partial charge in [-0.1, -0.05) is 6.92 Å². The number of rotatable bonds is 6. The van der Waals surface area contributed by atoms with Crippen molar-refractivity contribution in [1.82, 2.24) is 5.32 Å². The van der Waals surface area contributed by atoms with Crippen LogP contribution in [-0.2, 0) is 9.47 Å². The van der Waals surface area contributed by atoms with Crippen LogP contribution < -0.4 is 11.1 Å². The van der Waals surface area contributed by atoms with E-state index in [1.165, 1.54) is 0 Å². The molecule has 0 bridgehead atoms. The van der Waals surface area contributed by atoms with E-state index < -0.39 is 11.7 Å². The van der Waals surface area contributed by atoms with Crippen LogP contribution in [0.2, 0.25) is 0 Å². The Bertz CT molecular complexity index is 202. The lowest BCUT2D eigenvalue weighted by Gasteiger charge is -2.19. The van der Waals surface area contributed by atoms with Crippen molar-refractivity contribution in [2.75, 3.05) is 26.3 Å². The number of amides is 1. The average molecular weight is 232 g/mol. The molecule has 0 saturated carbocycles. The van der Waals surface area contributed by atoms with Gasteiger partial charge in [-0.3, -0.25) is 0 Å². The molecule has 16 heavy (non-hydrogen) atoms. The van der Waals surface area contributed by atoms with Gasteiger partial charge in [-0.05, 0) is 33.2 Å². The fraction of sp³-hybridized carbons (Fsp3) is 0.909. The SMILES string of the molecule is CC(CN)COCCNC(=O)OC(C)(C)C. The van der Waals surface area contributed by atoms with Crippen LogP contribution in [0.25, 0.3) is 0 Å². The fourth-order valence-electron chi connectivity index (χ4n) is 0.892. The number of carbonyl (C=O) groups is 1. The molecule has 0 aliphatic carbocycles. The summed E-state index contributed by atoms with van der Waals surface area (Å²) in [6, 6.07) is 0. The van der Waals surface area contributed by atoms with E-state index in [1.807, 2.05) is 27.7 Å². The summed E-state index contributed by atoms with van der Waals surface area (Å²) >= 11 is 0. The monoisotopic (exact) mass is 232 g/mol. The fourth-order valence-corrected chi connectivity index (χ4v) is 0.892. The summed E-state index contributed by atoms with van der Waals surface area (Å²) in [5, 5.41) is 2.61. The Morgan fingerprint density at radius 2 is 2.06 bits per heavy atom. The number of ether oxygens (including phenoxy) is 2. The number of nitrogens with two attached hydrogens (primary N) is 1. The quantitative estimate of drug-likeness (QED) is 0.673. The van der Waals surface area contributed by atoms with Crippen LogP contribution in [0.3, 0.4) is 0 Å². The Hall–Kier alpha value is -0.810. The van der Waals surface area contributed by atoms with Gasteiger partial charge < -0.3 is 20.5 Å². The number of alkyl carbamates (subject to hydrolysis) is 1. The maximum Gasteiger partial charge on any atom is 0.407 e.